The highest BCUT2D eigenvalue weighted by molar-refractivity contribution is 7.98. The number of hydrogen-bond acceptors (Lipinski definition) is 5. The molecule has 2 aromatic carbocycles. The van der Waals surface area contributed by atoms with Crippen molar-refractivity contribution in [3.05, 3.63) is 78.3 Å². The lowest BCUT2D eigenvalue weighted by atomic mass is 10.2. The van der Waals surface area contributed by atoms with Crippen LogP contribution in [-0.4, -0.2) is 19.7 Å². The summed E-state index contributed by atoms with van der Waals surface area (Å²) in [6.45, 7) is 2.05. The van der Waals surface area contributed by atoms with E-state index in [4.69, 9.17) is 4.42 Å². The molecule has 2 heterocycles. The van der Waals surface area contributed by atoms with Crippen molar-refractivity contribution in [3.8, 4) is 17.0 Å². The average Bonchev–Trinajstić information content (AvgIpc) is 3.30. The Kier molecular flexibility index (Phi) is 4.53. The molecule has 5 nitrogen and oxygen atoms in total. The average molecular weight is 366 g/mol. The molecule has 7 heteroatoms. The van der Waals surface area contributed by atoms with Crippen LogP contribution in [0.1, 0.15) is 11.5 Å². The number of thioether (sulfide) groups is 1. The van der Waals surface area contributed by atoms with E-state index in [0.29, 0.717) is 17.4 Å². The molecule has 130 valence electrons. The number of halogens is 1. The third-order valence-electron chi connectivity index (χ3n) is 3.90. The van der Waals surface area contributed by atoms with Crippen LogP contribution in [0.25, 0.3) is 17.0 Å². The summed E-state index contributed by atoms with van der Waals surface area (Å²) < 4.78 is 20.7. The van der Waals surface area contributed by atoms with Crippen LogP contribution in [0.3, 0.4) is 0 Å². The van der Waals surface area contributed by atoms with Gasteiger partial charge in [-0.25, -0.2) is 9.37 Å². The van der Waals surface area contributed by atoms with Gasteiger partial charge in [-0.3, -0.25) is 4.57 Å². The number of hydrogen-bond donors (Lipinski definition) is 0. The fourth-order valence-corrected chi connectivity index (χ4v) is 3.35. The molecular formula is C19H15FN4OS. The number of aromatic nitrogens is 4. The van der Waals surface area contributed by atoms with Crippen LogP contribution in [0.15, 0.2) is 70.6 Å². The van der Waals surface area contributed by atoms with Crippen LogP contribution in [-0.2, 0) is 5.75 Å². The van der Waals surface area contributed by atoms with E-state index in [9.17, 15) is 4.39 Å². The van der Waals surface area contributed by atoms with Gasteiger partial charge >= 0.3 is 0 Å². The predicted octanol–water partition coefficient (Wildman–Crippen LogP) is 4.66. The fourth-order valence-electron chi connectivity index (χ4n) is 2.57. The molecule has 4 aromatic rings. The molecule has 0 radical (unpaired) electrons. The zero-order chi connectivity index (χ0) is 17.9. The monoisotopic (exact) mass is 366 g/mol. The van der Waals surface area contributed by atoms with E-state index in [1.54, 1.807) is 24.7 Å². The fraction of sp³-hybridized carbons (Fsp3) is 0.105. The second kappa shape index (κ2) is 7.13. The molecule has 0 atom stereocenters. The van der Waals surface area contributed by atoms with Gasteiger partial charge in [0.2, 0.25) is 5.89 Å². The highest BCUT2D eigenvalue weighted by atomic mass is 32.2. The summed E-state index contributed by atoms with van der Waals surface area (Å²) in [5, 5.41) is 8.97. The zero-order valence-electron chi connectivity index (χ0n) is 14.0. The second-order valence-corrected chi connectivity index (χ2v) is 6.63. The molecule has 26 heavy (non-hydrogen) atoms. The van der Waals surface area contributed by atoms with E-state index >= 15 is 0 Å². The maximum absolute atomic E-state index is 13.0. The summed E-state index contributed by atoms with van der Waals surface area (Å²) in [6.07, 6.45) is 3.35. The first kappa shape index (κ1) is 16.5. The van der Waals surface area contributed by atoms with Gasteiger partial charge in [0.15, 0.2) is 10.9 Å². The molecule has 0 N–H and O–H groups in total. The van der Waals surface area contributed by atoms with Gasteiger partial charge in [0.25, 0.3) is 0 Å². The first-order valence-electron chi connectivity index (χ1n) is 8.00. The van der Waals surface area contributed by atoms with E-state index < -0.39 is 0 Å². The van der Waals surface area contributed by atoms with Crippen molar-refractivity contribution in [1.82, 2.24) is 19.7 Å². The lowest BCUT2D eigenvalue weighted by Gasteiger charge is -2.08. The first-order valence-corrected chi connectivity index (χ1v) is 8.99. The molecule has 4 rings (SSSR count). The molecule has 0 bridgehead atoms. The number of para-hydroxylation sites is 1. The number of rotatable bonds is 5. The van der Waals surface area contributed by atoms with Gasteiger partial charge in [-0.05, 0) is 42.8 Å². The normalized spacial score (nSPS) is 11.0. The van der Waals surface area contributed by atoms with Crippen molar-refractivity contribution in [1.29, 1.82) is 0 Å². The SMILES string of the molecule is Cc1ccccc1-n1cnnc1SCc1ncc(-c2ccc(F)cc2)o1. The van der Waals surface area contributed by atoms with Crippen LogP contribution >= 0.6 is 11.8 Å². The van der Waals surface area contributed by atoms with Crippen LogP contribution in [0.4, 0.5) is 4.39 Å². The predicted molar refractivity (Wildman–Crippen MR) is 97.6 cm³/mol. The molecule has 0 aliphatic rings. The maximum atomic E-state index is 13.0. The molecule has 0 aliphatic carbocycles. The van der Waals surface area contributed by atoms with E-state index in [0.717, 1.165) is 22.0 Å². The first-order chi connectivity index (χ1) is 12.7. The van der Waals surface area contributed by atoms with Crippen LogP contribution in [0, 0.1) is 12.7 Å². The Morgan fingerprint density at radius 2 is 1.92 bits per heavy atom. The number of benzene rings is 2. The molecule has 0 saturated heterocycles. The third kappa shape index (κ3) is 3.39. The van der Waals surface area contributed by atoms with Crippen molar-refractivity contribution >= 4 is 11.8 Å². The van der Waals surface area contributed by atoms with Gasteiger partial charge < -0.3 is 4.42 Å². The molecule has 0 fully saturated rings. The highest BCUT2D eigenvalue weighted by Gasteiger charge is 2.12. The van der Waals surface area contributed by atoms with Gasteiger partial charge in [0, 0.05) is 5.56 Å². The van der Waals surface area contributed by atoms with E-state index in [1.165, 1.54) is 23.9 Å². The third-order valence-corrected chi connectivity index (χ3v) is 4.83. The summed E-state index contributed by atoms with van der Waals surface area (Å²) >= 11 is 1.49. The molecular weight excluding hydrogens is 351 g/mol. The van der Waals surface area contributed by atoms with E-state index in [1.807, 2.05) is 35.8 Å². The van der Waals surface area contributed by atoms with Gasteiger partial charge in [0.1, 0.15) is 12.1 Å². The van der Waals surface area contributed by atoms with E-state index in [-0.39, 0.29) is 5.82 Å². The van der Waals surface area contributed by atoms with Crippen molar-refractivity contribution < 1.29 is 8.81 Å². The molecule has 0 amide bonds. The Morgan fingerprint density at radius 1 is 1.12 bits per heavy atom. The van der Waals surface area contributed by atoms with Crippen molar-refractivity contribution in [2.24, 2.45) is 0 Å². The van der Waals surface area contributed by atoms with Crippen molar-refractivity contribution in [3.63, 3.8) is 0 Å². The summed E-state index contributed by atoms with van der Waals surface area (Å²) in [5.41, 5.74) is 2.97. The largest absolute Gasteiger partial charge is 0.440 e. The van der Waals surface area contributed by atoms with Crippen molar-refractivity contribution in [2.75, 3.05) is 0 Å². The molecule has 0 aliphatic heterocycles. The Hall–Kier alpha value is -2.93. The smallest absolute Gasteiger partial charge is 0.205 e. The van der Waals surface area contributed by atoms with Gasteiger partial charge in [0.05, 0.1) is 17.6 Å². The van der Waals surface area contributed by atoms with Gasteiger partial charge in [-0.15, -0.1) is 10.2 Å². The summed E-state index contributed by atoms with van der Waals surface area (Å²) in [7, 11) is 0. The Labute approximate surface area is 153 Å². The Balaban J connectivity index is 1.50. The number of nitrogens with zero attached hydrogens (tertiary/aromatic N) is 4. The maximum Gasteiger partial charge on any atom is 0.205 e. The minimum atomic E-state index is -0.278. The molecule has 2 aromatic heterocycles. The molecule has 0 spiro atoms. The summed E-state index contributed by atoms with van der Waals surface area (Å²) in [5.74, 6) is 1.43. The second-order valence-electron chi connectivity index (χ2n) is 5.68. The summed E-state index contributed by atoms with van der Waals surface area (Å²) in [6, 6.07) is 14.2. The molecule has 0 saturated carbocycles. The number of aryl methyl sites for hydroxylation is 1. The number of oxazole rings is 1. The zero-order valence-corrected chi connectivity index (χ0v) is 14.8. The van der Waals surface area contributed by atoms with Gasteiger partial charge in [-0.2, -0.15) is 0 Å². The standard InChI is InChI=1S/C19H15FN4OS/c1-13-4-2-3-5-16(13)24-12-22-23-19(24)26-11-18-21-10-17(25-18)14-6-8-15(20)9-7-14/h2-10,12H,11H2,1H3. The van der Waals surface area contributed by atoms with Crippen molar-refractivity contribution in [2.45, 2.75) is 17.8 Å². The highest BCUT2D eigenvalue weighted by Crippen LogP contribution is 2.27. The lowest BCUT2D eigenvalue weighted by molar-refractivity contribution is 0.529. The molecule has 0 unspecified atom stereocenters. The summed E-state index contributed by atoms with van der Waals surface area (Å²) in [4.78, 5) is 4.30. The van der Waals surface area contributed by atoms with Crippen LogP contribution in [0.2, 0.25) is 0 Å². The Bertz CT molecular complexity index is 1030. The quantitative estimate of drug-likeness (QED) is 0.481. The Morgan fingerprint density at radius 3 is 2.73 bits per heavy atom. The van der Waals surface area contributed by atoms with Crippen LogP contribution in [0.5, 0.6) is 0 Å². The minimum absolute atomic E-state index is 0.278. The van der Waals surface area contributed by atoms with Crippen LogP contribution < -0.4 is 0 Å². The topological polar surface area (TPSA) is 56.7 Å². The lowest BCUT2D eigenvalue weighted by Crippen LogP contribution is -1.97. The van der Waals surface area contributed by atoms with Gasteiger partial charge in [-0.1, -0.05) is 30.0 Å². The van der Waals surface area contributed by atoms with E-state index in [2.05, 4.69) is 15.2 Å². The minimum Gasteiger partial charge on any atom is -0.440 e.